The largest absolute Gasteiger partial charge is 0.493 e. The van der Waals surface area contributed by atoms with Gasteiger partial charge in [0.15, 0.2) is 11.5 Å². The van der Waals surface area contributed by atoms with Crippen molar-refractivity contribution in [2.45, 2.75) is 32.5 Å². The molecule has 1 aromatic carbocycles. The number of ether oxygens (including phenoxy) is 2. The molecule has 0 atom stereocenters. The molecule has 0 saturated carbocycles. The number of hydrogen-bond donors (Lipinski definition) is 0. The lowest BCUT2D eigenvalue weighted by atomic mass is 9.93. The number of halogens is 1. The summed E-state index contributed by atoms with van der Waals surface area (Å²) in [6.07, 6.45) is 1.02. The average Bonchev–Trinajstić information content (AvgIpc) is 2.27. The molecule has 0 spiro atoms. The summed E-state index contributed by atoms with van der Waals surface area (Å²) < 4.78 is 11.1. The molecular formula is C14H21BrO2. The monoisotopic (exact) mass is 300 g/mol. The first kappa shape index (κ1) is 14.4. The van der Waals surface area contributed by atoms with Gasteiger partial charge in [-0.2, -0.15) is 0 Å². The van der Waals surface area contributed by atoms with Gasteiger partial charge in [-0.3, -0.25) is 0 Å². The molecule has 0 fully saturated rings. The van der Waals surface area contributed by atoms with Crippen LogP contribution in [0.4, 0.5) is 0 Å². The van der Waals surface area contributed by atoms with E-state index in [1.807, 2.05) is 18.2 Å². The van der Waals surface area contributed by atoms with Gasteiger partial charge in [0.2, 0.25) is 0 Å². The van der Waals surface area contributed by atoms with Crippen molar-refractivity contribution < 1.29 is 9.47 Å². The van der Waals surface area contributed by atoms with Crippen LogP contribution < -0.4 is 9.47 Å². The van der Waals surface area contributed by atoms with Crippen LogP contribution in [0.1, 0.15) is 32.8 Å². The zero-order chi connectivity index (χ0) is 12.9. The van der Waals surface area contributed by atoms with Gasteiger partial charge in [0.25, 0.3) is 0 Å². The Labute approximate surface area is 112 Å². The Hall–Kier alpha value is -0.700. The highest BCUT2D eigenvalue weighted by Gasteiger charge is 2.11. The van der Waals surface area contributed by atoms with Gasteiger partial charge in [-0.15, -0.1) is 0 Å². The number of rotatable bonds is 5. The fraction of sp³-hybridized carbons (Fsp3) is 0.571. The van der Waals surface area contributed by atoms with E-state index in [9.17, 15) is 0 Å². The maximum absolute atomic E-state index is 5.80. The quantitative estimate of drug-likeness (QED) is 0.750. The summed E-state index contributed by atoms with van der Waals surface area (Å²) in [4.78, 5) is 0. The maximum Gasteiger partial charge on any atom is 0.161 e. The van der Waals surface area contributed by atoms with Crippen LogP contribution in [0.2, 0.25) is 0 Å². The van der Waals surface area contributed by atoms with Gasteiger partial charge < -0.3 is 9.47 Å². The topological polar surface area (TPSA) is 18.5 Å². The van der Waals surface area contributed by atoms with Gasteiger partial charge >= 0.3 is 0 Å². The van der Waals surface area contributed by atoms with Crippen LogP contribution in [-0.4, -0.2) is 13.7 Å². The molecule has 17 heavy (non-hydrogen) atoms. The fourth-order valence-electron chi connectivity index (χ4n) is 1.38. The van der Waals surface area contributed by atoms with Gasteiger partial charge in [0.1, 0.15) is 0 Å². The first-order chi connectivity index (χ1) is 7.96. The average molecular weight is 301 g/mol. The third kappa shape index (κ3) is 4.99. The van der Waals surface area contributed by atoms with Crippen LogP contribution in [0, 0.1) is 5.41 Å². The van der Waals surface area contributed by atoms with Crippen molar-refractivity contribution in [2.24, 2.45) is 5.41 Å². The minimum Gasteiger partial charge on any atom is -0.493 e. The highest BCUT2D eigenvalue weighted by atomic mass is 79.9. The molecular weight excluding hydrogens is 280 g/mol. The summed E-state index contributed by atoms with van der Waals surface area (Å²) in [6, 6.07) is 6.00. The lowest BCUT2D eigenvalue weighted by Crippen LogP contribution is -2.11. The predicted octanol–water partition coefficient (Wildman–Crippen LogP) is 4.41. The normalized spacial score (nSPS) is 11.4. The Morgan fingerprint density at radius 3 is 2.41 bits per heavy atom. The molecule has 2 nitrogen and oxygen atoms in total. The second-order valence-corrected chi connectivity index (χ2v) is 5.84. The van der Waals surface area contributed by atoms with E-state index in [0.717, 1.165) is 23.2 Å². The molecule has 0 heterocycles. The number of hydrogen-bond acceptors (Lipinski definition) is 2. The Morgan fingerprint density at radius 1 is 1.18 bits per heavy atom. The second kappa shape index (κ2) is 6.29. The molecule has 0 aliphatic heterocycles. The zero-order valence-corrected chi connectivity index (χ0v) is 12.6. The molecule has 0 aliphatic carbocycles. The first-order valence-electron chi connectivity index (χ1n) is 5.82. The molecule has 1 aromatic rings. The number of benzene rings is 1. The lowest BCUT2D eigenvalue weighted by Gasteiger charge is -2.19. The van der Waals surface area contributed by atoms with Crippen molar-refractivity contribution in [1.82, 2.24) is 0 Å². The Morgan fingerprint density at radius 2 is 1.88 bits per heavy atom. The van der Waals surface area contributed by atoms with Gasteiger partial charge in [-0.25, -0.2) is 0 Å². The Balaban J connectivity index is 2.68. The van der Waals surface area contributed by atoms with E-state index in [2.05, 4.69) is 36.7 Å². The predicted molar refractivity (Wildman–Crippen MR) is 75.2 cm³/mol. The fourth-order valence-corrected chi connectivity index (χ4v) is 1.73. The van der Waals surface area contributed by atoms with E-state index in [-0.39, 0.29) is 0 Å². The smallest absolute Gasteiger partial charge is 0.161 e. The summed E-state index contributed by atoms with van der Waals surface area (Å²) in [5.41, 5.74) is 1.48. The van der Waals surface area contributed by atoms with Gasteiger partial charge in [0.05, 0.1) is 13.7 Å². The maximum atomic E-state index is 5.80. The highest BCUT2D eigenvalue weighted by molar-refractivity contribution is 9.08. The molecule has 3 heteroatoms. The summed E-state index contributed by atoms with van der Waals surface area (Å²) in [6.45, 7) is 7.35. The molecule has 96 valence electrons. The summed E-state index contributed by atoms with van der Waals surface area (Å²) in [5.74, 6) is 1.62. The van der Waals surface area contributed by atoms with Crippen LogP contribution in [0.15, 0.2) is 18.2 Å². The Kier molecular flexibility index (Phi) is 5.31. The van der Waals surface area contributed by atoms with Crippen LogP contribution in [0.25, 0.3) is 0 Å². The number of alkyl halides is 1. The van der Waals surface area contributed by atoms with Crippen LogP contribution in [-0.2, 0) is 5.33 Å². The van der Waals surface area contributed by atoms with Crippen LogP contribution in [0.5, 0.6) is 11.5 Å². The lowest BCUT2D eigenvalue weighted by molar-refractivity contribution is 0.234. The van der Waals surface area contributed by atoms with E-state index in [0.29, 0.717) is 12.0 Å². The minimum absolute atomic E-state index is 0.292. The van der Waals surface area contributed by atoms with Crippen molar-refractivity contribution in [1.29, 1.82) is 0 Å². The molecule has 0 aliphatic rings. The number of methoxy groups -OCH3 is 1. The van der Waals surface area contributed by atoms with Crippen molar-refractivity contribution in [2.75, 3.05) is 13.7 Å². The SMILES string of the molecule is COc1ccc(CBr)cc1OCCC(C)(C)C. The summed E-state index contributed by atoms with van der Waals surface area (Å²) in [7, 11) is 1.67. The van der Waals surface area contributed by atoms with Crippen molar-refractivity contribution >= 4 is 15.9 Å². The van der Waals surface area contributed by atoms with Crippen LogP contribution >= 0.6 is 15.9 Å². The molecule has 0 radical (unpaired) electrons. The van der Waals surface area contributed by atoms with Gasteiger partial charge in [-0.1, -0.05) is 42.8 Å². The molecule has 0 saturated heterocycles. The van der Waals surface area contributed by atoms with Crippen molar-refractivity contribution in [3.8, 4) is 11.5 Å². The molecule has 0 aromatic heterocycles. The van der Waals surface area contributed by atoms with Gasteiger partial charge in [0, 0.05) is 5.33 Å². The van der Waals surface area contributed by atoms with Crippen LogP contribution in [0.3, 0.4) is 0 Å². The molecule has 0 amide bonds. The molecule has 0 unspecified atom stereocenters. The van der Waals surface area contributed by atoms with E-state index in [4.69, 9.17) is 9.47 Å². The minimum atomic E-state index is 0.292. The summed E-state index contributed by atoms with van der Waals surface area (Å²) in [5, 5.41) is 0.826. The van der Waals surface area contributed by atoms with E-state index in [1.165, 1.54) is 5.56 Å². The van der Waals surface area contributed by atoms with Crippen molar-refractivity contribution in [3.63, 3.8) is 0 Å². The zero-order valence-electron chi connectivity index (χ0n) is 11.0. The molecule has 0 N–H and O–H groups in total. The Bertz CT molecular complexity index is 356. The van der Waals surface area contributed by atoms with E-state index < -0.39 is 0 Å². The molecule has 1 rings (SSSR count). The highest BCUT2D eigenvalue weighted by Crippen LogP contribution is 2.29. The second-order valence-electron chi connectivity index (χ2n) is 5.28. The first-order valence-corrected chi connectivity index (χ1v) is 6.94. The molecule has 0 bridgehead atoms. The third-order valence-electron chi connectivity index (χ3n) is 2.49. The van der Waals surface area contributed by atoms with E-state index in [1.54, 1.807) is 7.11 Å². The van der Waals surface area contributed by atoms with Crippen molar-refractivity contribution in [3.05, 3.63) is 23.8 Å². The van der Waals surface area contributed by atoms with E-state index >= 15 is 0 Å². The standard InChI is InChI=1S/C14H21BrO2/c1-14(2,3)7-8-17-13-9-11(10-15)5-6-12(13)16-4/h5-6,9H,7-8,10H2,1-4H3. The third-order valence-corrected chi connectivity index (χ3v) is 3.14. The summed E-state index contributed by atoms with van der Waals surface area (Å²) >= 11 is 3.44. The van der Waals surface area contributed by atoms with Gasteiger partial charge in [-0.05, 0) is 29.5 Å².